The lowest BCUT2D eigenvalue weighted by molar-refractivity contribution is -0.126. The van der Waals surface area contributed by atoms with Crippen molar-refractivity contribution in [1.29, 1.82) is 5.26 Å². The summed E-state index contributed by atoms with van der Waals surface area (Å²) in [4.78, 5) is 25.9. The fourth-order valence-corrected chi connectivity index (χ4v) is 2.30. The van der Waals surface area contributed by atoms with Gasteiger partial charge in [0.25, 0.3) is 0 Å². The Labute approximate surface area is 112 Å². The molecule has 4 nitrogen and oxygen atoms in total. The van der Waals surface area contributed by atoms with Crippen molar-refractivity contribution in [1.82, 2.24) is 0 Å². The van der Waals surface area contributed by atoms with Gasteiger partial charge in [0.15, 0.2) is 0 Å². The van der Waals surface area contributed by atoms with E-state index in [0.29, 0.717) is 11.3 Å². The van der Waals surface area contributed by atoms with Gasteiger partial charge in [-0.3, -0.25) is 9.59 Å². The quantitative estimate of drug-likeness (QED) is 0.764. The van der Waals surface area contributed by atoms with Crippen LogP contribution in [0.15, 0.2) is 24.3 Å². The average Bonchev–Trinajstić information content (AvgIpc) is 2.61. The van der Waals surface area contributed by atoms with Crippen LogP contribution < -0.4 is 4.90 Å². The van der Waals surface area contributed by atoms with Gasteiger partial charge >= 0.3 is 0 Å². The van der Waals surface area contributed by atoms with Gasteiger partial charge in [-0.2, -0.15) is 5.26 Å². The minimum absolute atomic E-state index is 0.0724. The van der Waals surface area contributed by atoms with Crippen LogP contribution in [0.4, 0.5) is 5.69 Å². The van der Waals surface area contributed by atoms with Crippen LogP contribution >= 0.6 is 0 Å². The zero-order valence-electron chi connectivity index (χ0n) is 11.3. The first-order valence-corrected chi connectivity index (χ1v) is 6.28. The third-order valence-electron chi connectivity index (χ3n) is 4.00. The molecule has 1 fully saturated rings. The number of rotatable bonds is 2. The Morgan fingerprint density at radius 2 is 1.95 bits per heavy atom. The summed E-state index contributed by atoms with van der Waals surface area (Å²) < 4.78 is 0. The molecule has 0 radical (unpaired) electrons. The summed E-state index contributed by atoms with van der Waals surface area (Å²) in [7, 11) is 0. The summed E-state index contributed by atoms with van der Waals surface area (Å²) in [6.45, 7) is 5.68. The van der Waals surface area contributed by atoms with Gasteiger partial charge in [-0.25, -0.2) is 4.90 Å². The molecule has 0 saturated carbocycles. The zero-order valence-corrected chi connectivity index (χ0v) is 11.3. The summed E-state index contributed by atoms with van der Waals surface area (Å²) in [6.07, 6.45) is 0.198. The van der Waals surface area contributed by atoms with Crippen molar-refractivity contribution in [2.75, 3.05) is 4.90 Å². The molecule has 1 aliphatic rings. The molecule has 0 aliphatic carbocycles. The predicted octanol–water partition coefficient (Wildman–Crippen LogP) is 2.48. The van der Waals surface area contributed by atoms with Crippen LogP contribution in [0, 0.1) is 22.7 Å². The van der Waals surface area contributed by atoms with Crippen LogP contribution in [0.1, 0.15) is 32.8 Å². The number of nitriles is 1. The van der Waals surface area contributed by atoms with Crippen molar-refractivity contribution in [2.24, 2.45) is 11.3 Å². The molecule has 0 bridgehead atoms. The third kappa shape index (κ3) is 1.91. The number of anilines is 1. The number of hydrogen-bond acceptors (Lipinski definition) is 3. The van der Waals surface area contributed by atoms with Gasteiger partial charge in [0.1, 0.15) is 6.07 Å². The second-order valence-electron chi connectivity index (χ2n) is 5.41. The highest BCUT2D eigenvalue weighted by atomic mass is 16.2. The molecule has 1 saturated heterocycles. The lowest BCUT2D eigenvalue weighted by Crippen LogP contribution is -2.37. The maximum atomic E-state index is 12.5. The van der Waals surface area contributed by atoms with Crippen LogP contribution in [-0.4, -0.2) is 11.8 Å². The highest BCUT2D eigenvalue weighted by Gasteiger charge is 2.50. The van der Waals surface area contributed by atoms with Crippen molar-refractivity contribution < 1.29 is 9.59 Å². The Balaban J connectivity index is 2.50. The summed E-state index contributed by atoms with van der Waals surface area (Å²) in [5.41, 5.74) is 0.0567. The van der Waals surface area contributed by atoms with Crippen LogP contribution in [0.25, 0.3) is 0 Å². The fraction of sp³-hybridized carbons (Fsp3) is 0.400. The van der Waals surface area contributed by atoms with Crippen molar-refractivity contribution in [3.63, 3.8) is 0 Å². The Hall–Kier alpha value is -2.15. The number of imide groups is 1. The molecule has 2 rings (SSSR count). The minimum Gasteiger partial charge on any atom is -0.274 e. The summed E-state index contributed by atoms with van der Waals surface area (Å²) >= 11 is 0. The molecular formula is C15H16N2O2. The Kier molecular flexibility index (Phi) is 3.15. The SMILES string of the molecule is CC(C)C1(C)CC(=O)N(c2ccccc2C#N)C1=O. The van der Waals surface area contributed by atoms with Crippen molar-refractivity contribution in [3.05, 3.63) is 29.8 Å². The maximum absolute atomic E-state index is 12.5. The third-order valence-corrected chi connectivity index (χ3v) is 4.00. The van der Waals surface area contributed by atoms with Crippen molar-refractivity contribution >= 4 is 17.5 Å². The van der Waals surface area contributed by atoms with E-state index >= 15 is 0 Å². The molecule has 1 unspecified atom stereocenters. The van der Waals surface area contributed by atoms with E-state index in [1.54, 1.807) is 24.3 Å². The molecule has 98 valence electrons. The van der Waals surface area contributed by atoms with E-state index in [1.807, 2.05) is 26.8 Å². The molecule has 1 aromatic carbocycles. The lowest BCUT2D eigenvalue weighted by atomic mass is 9.78. The van der Waals surface area contributed by atoms with Crippen LogP contribution in [-0.2, 0) is 9.59 Å². The molecule has 1 atom stereocenters. The number of amides is 2. The standard InChI is InChI=1S/C15H16N2O2/c1-10(2)15(3)8-13(18)17(14(15)19)12-7-5-4-6-11(12)9-16/h4-7,10H,8H2,1-3H3. The van der Waals surface area contributed by atoms with E-state index in [4.69, 9.17) is 5.26 Å². The van der Waals surface area contributed by atoms with Crippen molar-refractivity contribution in [2.45, 2.75) is 27.2 Å². The fourth-order valence-electron chi connectivity index (χ4n) is 2.30. The topological polar surface area (TPSA) is 61.2 Å². The molecule has 1 heterocycles. The van der Waals surface area contributed by atoms with E-state index in [1.165, 1.54) is 4.90 Å². The van der Waals surface area contributed by atoms with E-state index in [0.717, 1.165) is 0 Å². The lowest BCUT2D eigenvalue weighted by Gasteiger charge is -2.26. The molecule has 2 amide bonds. The molecule has 19 heavy (non-hydrogen) atoms. The number of carbonyl (C=O) groups excluding carboxylic acids is 2. The number of nitrogens with zero attached hydrogens (tertiary/aromatic N) is 2. The molecule has 0 N–H and O–H groups in total. The second-order valence-corrected chi connectivity index (χ2v) is 5.41. The number of para-hydroxylation sites is 1. The summed E-state index contributed by atoms with van der Waals surface area (Å²) in [6, 6.07) is 8.72. The highest BCUT2D eigenvalue weighted by Crippen LogP contribution is 2.41. The Morgan fingerprint density at radius 1 is 1.32 bits per heavy atom. The van der Waals surface area contributed by atoms with Gasteiger partial charge in [0, 0.05) is 6.42 Å². The largest absolute Gasteiger partial charge is 0.274 e. The van der Waals surface area contributed by atoms with E-state index < -0.39 is 5.41 Å². The summed E-state index contributed by atoms with van der Waals surface area (Å²) in [5.74, 6) is -0.373. The van der Waals surface area contributed by atoms with E-state index in [-0.39, 0.29) is 24.2 Å². The predicted molar refractivity (Wildman–Crippen MR) is 71.2 cm³/mol. The molecule has 1 aliphatic heterocycles. The molecular weight excluding hydrogens is 240 g/mol. The molecule has 0 aromatic heterocycles. The van der Waals surface area contributed by atoms with Gasteiger partial charge in [-0.1, -0.05) is 26.0 Å². The average molecular weight is 256 g/mol. The zero-order chi connectivity index (χ0) is 14.2. The molecule has 4 heteroatoms. The number of carbonyl (C=O) groups is 2. The molecule has 1 aromatic rings. The van der Waals surface area contributed by atoms with Gasteiger partial charge < -0.3 is 0 Å². The van der Waals surface area contributed by atoms with E-state index in [2.05, 4.69) is 0 Å². The van der Waals surface area contributed by atoms with Gasteiger partial charge in [0.2, 0.25) is 11.8 Å². The normalized spacial score (nSPS) is 23.0. The first-order chi connectivity index (χ1) is 8.91. The first kappa shape index (κ1) is 13.3. The van der Waals surface area contributed by atoms with Crippen LogP contribution in [0.3, 0.4) is 0 Å². The smallest absolute Gasteiger partial charge is 0.240 e. The molecule has 0 spiro atoms. The van der Waals surface area contributed by atoms with Crippen LogP contribution in [0.2, 0.25) is 0 Å². The van der Waals surface area contributed by atoms with Gasteiger partial charge in [-0.05, 0) is 25.0 Å². The second kappa shape index (κ2) is 4.51. The maximum Gasteiger partial charge on any atom is 0.240 e. The summed E-state index contributed by atoms with van der Waals surface area (Å²) in [5, 5.41) is 9.09. The number of benzene rings is 1. The van der Waals surface area contributed by atoms with Crippen molar-refractivity contribution in [3.8, 4) is 6.07 Å². The van der Waals surface area contributed by atoms with E-state index in [9.17, 15) is 9.59 Å². The van der Waals surface area contributed by atoms with Gasteiger partial charge in [0.05, 0.1) is 16.7 Å². The minimum atomic E-state index is -0.681. The Bertz CT molecular complexity index is 586. The van der Waals surface area contributed by atoms with Gasteiger partial charge in [-0.15, -0.1) is 0 Å². The Morgan fingerprint density at radius 3 is 2.47 bits per heavy atom. The first-order valence-electron chi connectivity index (χ1n) is 6.28. The number of hydrogen-bond donors (Lipinski definition) is 0. The highest BCUT2D eigenvalue weighted by molar-refractivity contribution is 6.23. The van der Waals surface area contributed by atoms with Crippen LogP contribution in [0.5, 0.6) is 0 Å². The monoisotopic (exact) mass is 256 g/mol.